The average molecular weight is 297 g/mol. The van der Waals surface area contributed by atoms with E-state index in [4.69, 9.17) is 17.4 Å². The third-order valence-electron chi connectivity index (χ3n) is 2.62. The van der Waals surface area contributed by atoms with Gasteiger partial charge in [-0.1, -0.05) is 56.3 Å². The number of halogens is 1. The van der Waals surface area contributed by atoms with Gasteiger partial charge in [0.05, 0.1) is 0 Å². The van der Waals surface area contributed by atoms with E-state index in [1.54, 1.807) is 16.4 Å². The van der Waals surface area contributed by atoms with Crippen LogP contribution in [-0.4, -0.2) is 14.9 Å². The Hall–Kier alpha value is -1.20. The number of nitrogens with zero attached hydrogens (tertiary/aromatic N) is 3. The lowest BCUT2D eigenvalue weighted by Crippen LogP contribution is -2.24. The molecule has 0 atom stereocenters. The molecule has 102 valence electrons. The normalized spacial score (nSPS) is 11.8. The van der Waals surface area contributed by atoms with Crippen LogP contribution in [0.3, 0.4) is 0 Å². The third kappa shape index (κ3) is 3.42. The fraction of sp³-hybridized carbons (Fsp3) is 0.385. The van der Waals surface area contributed by atoms with E-state index in [1.807, 2.05) is 24.3 Å². The highest BCUT2D eigenvalue weighted by atomic mass is 35.5. The van der Waals surface area contributed by atoms with E-state index in [2.05, 4.69) is 31.0 Å². The summed E-state index contributed by atoms with van der Waals surface area (Å²) in [5.41, 5.74) is 1.07. The SMILES string of the molecule is CC(C)(C)c1nnc(SCc2ccc(Cl)cc2)n1N. The Bertz CT molecular complexity index is 557. The molecule has 0 saturated heterocycles. The molecule has 2 N–H and O–H groups in total. The molecular weight excluding hydrogens is 280 g/mol. The van der Waals surface area contributed by atoms with E-state index >= 15 is 0 Å². The summed E-state index contributed by atoms with van der Waals surface area (Å²) >= 11 is 7.42. The van der Waals surface area contributed by atoms with Crippen LogP contribution in [0.15, 0.2) is 29.4 Å². The van der Waals surface area contributed by atoms with Crippen molar-refractivity contribution in [1.82, 2.24) is 14.9 Å². The van der Waals surface area contributed by atoms with Gasteiger partial charge in [0, 0.05) is 16.2 Å². The summed E-state index contributed by atoms with van der Waals surface area (Å²) in [5.74, 6) is 7.60. The van der Waals surface area contributed by atoms with Crippen LogP contribution in [-0.2, 0) is 11.2 Å². The molecule has 1 heterocycles. The molecule has 0 aliphatic carbocycles. The molecule has 19 heavy (non-hydrogen) atoms. The zero-order valence-corrected chi connectivity index (χ0v) is 12.8. The van der Waals surface area contributed by atoms with Crippen LogP contribution in [0.5, 0.6) is 0 Å². The van der Waals surface area contributed by atoms with Crippen LogP contribution in [0.2, 0.25) is 5.02 Å². The molecule has 0 spiro atoms. The number of nitrogen functional groups attached to an aromatic ring is 1. The summed E-state index contributed by atoms with van der Waals surface area (Å²) in [6, 6.07) is 7.75. The molecule has 0 fully saturated rings. The van der Waals surface area contributed by atoms with Crippen LogP contribution in [0.4, 0.5) is 0 Å². The third-order valence-corrected chi connectivity index (χ3v) is 3.88. The quantitative estimate of drug-likeness (QED) is 0.698. The number of benzene rings is 1. The molecular formula is C13H17ClN4S. The van der Waals surface area contributed by atoms with Crippen molar-refractivity contribution < 1.29 is 0 Å². The zero-order valence-electron chi connectivity index (χ0n) is 11.2. The molecule has 0 unspecified atom stereocenters. The first-order valence-electron chi connectivity index (χ1n) is 5.96. The van der Waals surface area contributed by atoms with Crippen molar-refractivity contribution in [2.45, 2.75) is 37.1 Å². The Labute approximate surface area is 122 Å². The second-order valence-corrected chi connectivity index (χ2v) is 6.72. The molecule has 0 aliphatic rings. The van der Waals surface area contributed by atoms with Gasteiger partial charge >= 0.3 is 0 Å². The van der Waals surface area contributed by atoms with Crippen molar-refractivity contribution in [1.29, 1.82) is 0 Å². The summed E-state index contributed by atoms with van der Waals surface area (Å²) in [6.07, 6.45) is 0. The van der Waals surface area contributed by atoms with E-state index in [0.29, 0.717) is 0 Å². The second kappa shape index (κ2) is 5.43. The summed E-state index contributed by atoms with van der Waals surface area (Å²) in [5, 5.41) is 9.76. The molecule has 4 nitrogen and oxygen atoms in total. The van der Waals surface area contributed by atoms with Crippen molar-refractivity contribution in [2.75, 3.05) is 5.84 Å². The van der Waals surface area contributed by atoms with E-state index in [-0.39, 0.29) is 5.41 Å². The second-order valence-electron chi connectivity index (χ2n) is 5.34. The highest BCUT2D eigenvalue weighted by molar-refractivity contribution is 7.98. The van der Waals surface area contributed by atoms with Gasteiger partial charge in [-0.15, -0.1) is 10.2 Å². The first kappa shape index (κ1) is 14.2. The van der Waals surface area contributed by atoms with Gasteiger partial charge in [-0.3, -0.25) is 0 Å². The number of rotatable bonds is 3. The minimum Gasteiger partial charge on any atom is -0.336 e. The molecule has 1 aromatic carbocycles. The van der Waals surface area contributed by atoms with Crippen molar-refractivity contribution in [3.8, 4) is 0 Å². The maximum atomic E-state index is 6.03. The molecule has 6 heteroatoms. The van der Waals surface area contributed by atoms with Gasteiger partial charge in [0.1, 0.15) is 0 Å². The zero-order chi connectivity index (χ0) is 14.0. The van der Waals surface area contributed by atoms with Crippen LogP contribution in [0.1, 0.15) is 32.2 Å². The standard InChI is InChI=1S/C13H17ClN4S/c1-13(2,3)11-16-17-12(18(11)15)19-8-9-4-6-10(14)7-5-9/h4-7H,8,15H2,1-3H3. The van der Waals surface area contributed by atoms with Gasteiger partial charge in [-0.25, -0.2) is 4.68 Å². The Kier molecular flexibility index (Phi) is 4.06. The first-order valence-corrected chi connectivity index (χ1v) is 7.32. The fourth-order valence-electron chi connectivity index (χ4n) is 1.62. The summed E-state index contributed by atoms with van der Waals surface area (Å²) in [7, 11) is 0. The van der Waals surface area contributed by atoms with Crippen molar-refractivity contribution in [3.63, 3.8) is 0 Å². The molecule has 0 bridgehead atoms. The molecule has 2 rings (SSSR count). The van der Waals surface area contributed by atoms with E-state index in [1.165, 1.54) is 5.56 Å². The van der Waals surface area contributed by atoms with Gasteiger partial charge in [-0.05, 0) is 17.7 Å². The van der Waals surface area contributed by atoms with Crippen molar-refractivity contribution in [2.24, 2.45) is 0 Å². The Morgan fingerprint density at radius 1 is 1.21 bits per heavy atom. The summed E-state index contributed by atoms with van der Waals surface area (Å²) in [4.78, 5) is 0. The average Bonchev–Trinajstić information content (AvgIpc) is 2.70. The monoisotopic (exact) mass is 296 g/mol. The van der Waals surface area contributed by atoms with Gasteiger partial charge < -0.3 is 5.84 Å². The molecule has 2 aromatic rings. The lowest BCUT2D eigenvalue weighted by atomic mass is 9.96. The van der Waals surface area contributed by atoms with Crippen LogP contribution in [0, 0.1) is 0 Å². The van der Waals surface area contributed by atoms with Crippen LogP contribution in [0.25, 0.3) is 0 Å². The maximum absolute atomic E-state index is 6.03. The van der Waals surface area contributed by atoms with Gasteiger partial charge in [-0.2, -0.15) is 0 Å². The van der Waals surface area contributed by atoms with Crippen LogP contribution < -0.4 is 5.84 Å². The number of nitrogens with two attached hydrogens (primary N) is 1. The number of hydrogen-bond donors (Lipinski definition) is 1. The molecule has 0 amide bonds. The predicted octanol–water partition coefficient (Wildman–Crippen LogP) is 3.24. The highest BCUT2D eigenvalue weighted by Gasteiger charge is 2.22. The van der Waals surface area contributed by atoms with Gasteiger partial charge in [0.25, 0.3) is 0 Å². The molecule has 0 saturated carbocycles. The highest BCUT2D eigenvalue weighted by Crippen LogP contribution is 2.25. The topological polar surface area (TPSA) is 56.7 Å². The summed E-state index contributed by atoms with van der Waals surface area (Å²) in [6.45, 7) is 6.19. The maximum Gasteiger partial charge on any atom is 0.210 e. The first-order chi connectivity index (χ1) is 8.88. The fourth-order valence-corrected chi connectivity index (χ4v) is 2.55. The lowest BCUT2D eigenvalue weighted by molar-refractivity contribution is 0.523. The van der Waals surface area contributed by atoms with E-state index in [0.717, 1.165) is 21.8 Å². The Balaban J connectivity index is 2.08. The smallest absolute Gasteiger partial charge is 0.210 e. The Morgan fingerprint density at radius 3 is 2.37 bits per heavy atom. The molecule has 0 radical (unpaired) electrons. The minimum atomic E-state index is -0.110. The largest absolute Gasteiger partial charge is 0.336 e. The van der Waals surface area contributed by atoms with Crippen molar-refractivity contribution in [3.05, 3.63) is 40.7 Å². The lowest BCUT2D eigenvalue weighted by Gasteiger charge is -2.16. The van der Waals surface area contributed by atoms with Crippen LogP contribution >= 0.6 is 23.4 Å². The van der Waals surface area contributed by atoms with E-state index in [9.17, 15) is 0 Å². The van der Waals surface area contributed by atoms with Gasteiger partial charge in [0.2, 0.25) is 5.16 Å². The number of thioether (sulfide) groups is 1. The van der Waals surface area contributed by atoms with Crippen molar-refractivity contribution >= 4 is 23.4 Å². The predicted molar refractivity (Wildman–Crippen MR) is 79.9 cm³/mol. The molecule has 0 aliphatic heterocycles. The minimum absolute atomic E-state index is 0.110. The number of hydrogen-bond acceptors (Lipinski definition) is 4. The summed E-state index contributed by atoms with van der Waals surface area (Å²) < 4.78 is 1.57. The molecule has 1 aromatic heterocycles. The van der Waals surface area contributed by atoms with E-state index < -0.39 is 0 Å². The van der Waals surface area contributed by atoms with Gasteiger partial charge in [0.15, 0.2) is 5.82 Å². The number of aromatic nitrogens is 3. The Morgan fingerprint density at radius 2 is 1.84 bits per heavy atom.